The van der Waals surface area contributed by atoms with E-state index in [-0.39, 0.29) is 47.1 Å². The number of epoxide rings is 1. The summed E-state index contributed by atoms with van der Waals surface area (Å²) in [5, 5.41) is 0. The smallest absolute Gasteiger partial charge is 0.311 e. The number of benzene rings is 1. The third kappa shape index (κ3) is 2.89. The van der Waals surface area contributed by atoms with Gasteiger partial charge in [0.15, 0.2) is 11.5 Å². The molecule has 6 rings (SSSR count). The molecule has 33 heavy (non-hydrogen) atoms. The molecule has 6 heteroatoms. The van der Waals surface area contributed by atoms with Gasteiger partial charge in [0.05, 0.1) is 26.2 Å². The first-order chi connectivity index (χ1) is 15.8. The number of esters is 1. The molecule has 0 amide bonds. The van der Waals surface area contributed by atoms with Crippen LogP contribution in [-0.4, -0.2) is 56.0 Å². The molecule has 180 valence electrons. The van der Waals surface area contributed by atoms with Crippen LogP contribution in [0, 0.1) is 23.2 Å². The molecule has 0 bridgehead atoms. The molecule has 0 radical (unpaired) electrons. The molecule has 0 aromatic heterocycles. The van der Waals surface area contributed by atoms with Gasteiger partial charge in [0.2, 0.25) is 0 Å². The molecule has 2 aliphatic carbocycles. The standard InChI is InChI=1S/C27H37NO5/c1-15-7-6-9-26(3)13-22-23(24-27(15,26)33-24)19(25(29)32-22)14-28-10-8-17-11-20(30-4)21(31-5)12-18(17)16(28)2/h11-12,15-16,19,22-24H,6-10,13-14H2,1-5H3/t15-,16+,19-,22-,23+,24+,26+,27-/m1/s1. The Morgan fingerprint density at radius 2 is 1.94 bits per heavy atom. The highest BCUT2D eigenvalue weighted by atomic mass is 16.6. The molecular weight excluding hydrogens is 418 g/mol. The maximum Gasteiger partial charge on any atom is 0.311 e. The lowest BCUT2D eigenvalue weighted by molar-refractivity contribution is -0.146. The van der Waals surface area contributed by atoms with Gasteiger partial charge in [-0.15, -0.1) is 0 Å². The highest BCUT2D eigenvalue weighted by molar-refractivity contribution is 5.76. The minimum absolute atomic E-state index is 0.00941. The summed E-state index contributed by atoms with van der Waals surface area (Å²) in [6.45, 7) is 8.63. The molecule has 6 nitrogen and oxygen atoms in total. The van der Waals surface area contributed by atoms with E-state index in [2.05, 4.69) is 37.8 Å². The zero-order valence-corrected chi connectivity index (χ0v) is 20.6. The van der Waals surface area contributed by atoms with Gasteiger partial charge < -0.3 is 18.9 Å². The molecule has 1 aromatic rings. The summed E-state index contributed by atoms with van der Waals surface area (Å²) in [5.74, 6) is 2.16. The summed E-state index contributed by atoms with van der Waals surface area (Å²) in [7, 11) is 3.36. The molecule has 8 atom stereocenters. The van der Waals surface area contributed by atoms with Crippen LogP contribution < -0.4 is 9.47 Å². The summed E-state index contributed by atoms with van der Waals surface area (Å²) in [5.41, 5.74) is 2.66. The molecular formula is C27H37NO5. The highest BCUT2D eigenvalue weighted by Gasteiger charge is 2.78. The number of carbonyl (C=O) groups excluding carboxylic acids is 1. The van der Waals surface area contributed by atoms with Gasteiger partial charge in [-0.25, -0.2) is 0 Å². The van der Waals surface area contributed by atoms with E-state index < -0.39 is 0 Å². The van der Waals surface area contributed by atoms with Crippen LogP contribution in [0.2, 0.25) is 0 Å². The number of rotatable bonds is 4. The number of nitrogens with zero attached hydrogens (tertiary/aromatic N) is 1. The lowest BCUT2D eigenvalue weighted by atomic mass is 9.53. The van der Waals surface area contributed by atoms with Crippen molar-refractivity contribution < 1.29 is 23.7 Å². The van der Waals surface area contributed by atoms with E-state index >= 15 is 0 Å². The van der Waals surface area contributed by atoms with Crippen molar-refractivity contribution >= 4 is 5.97 Å². The molecule has 2 saturated carbocycles. The Morgan fingerprint density at radius 3 is 2.70 bits per heavy atom. The van der Waals surface area contributed by atoms with E-state index in [9.17, 15) is 4.79 Å². The van der Waals surface area contributed by atoms with Crippen molar-refractivity contribution in [3.8, 4) is 11.5 Å². The summed E-state index contributed by atoms with van der Waals surface area (Å²) in [4.78, 5) is 15.6. The number of fused-ring (bicyclic) bond motifs is 3. The first kappa shape index (κ1) is 21.7. The van der Waals surface area contributed by atoms with E-state index in [1.54, 1.807) is 14.2 Å². The number of carbonyl (C=O) groups is 1. The predicted molar refractivity (Wildman–Crippen MR) is 123 cm³/mol. The second-order valence-electron chi connectivity index (χ2n) is 11.4. The average molecular weight is 456 g/mol. The van der Waals surface area contributed by atoms with Gasteiger partial charge in [0.1, 0.15) is 11.7 Å². The SMILES string of the molecule is COc1cc2c(cc1OC)[C@H](C)N(C[C@H]1C(=O)O[C@@H]3C[C@]4(C)CCC[C@@H](C)[C@]45O[C@H]5[C@H]31)CC2. The van der Waals surface area contributed by atoms with Crippen LogP contribution in [0.1, 0.15) is 63.6 Å². The Morgan fingerprint density at radius 1 is 1.18 bits per heavy atom. The van der Waals surface area contributed by atoms with Crippen LogP contribution in [0.4, 0.5) is 0 Å². The molecule has 1 spiro atoms. The molecule has 3 aliphatic heterocycles. The van der Waals surface area contributed by atoms with Crippen LogP contribution >= 0.6 is 0 Å². The number of hydrogen-bond acceptors (Lipinski definition) is 6. The van der Waals surface area contributed by atoms with Crippen molar-refractivity contribution in [3.63, 3.8) is 0 Å². The molecule has 3 heterocycles. The summed E-state index contributed by atoms with van der Waals surface area (Å²) in [6.07, 6.45) is 5.74. The summed E-state index contributed by atoms with van der Waals surface area (Å²) in [6, 6.07) is 4.42. The first-order valence-electron chi connectivity index (χ1n) is 12.7. The number of methoxy groups -OCH3 is 2. The molecule has 1 aromatic carbocycles. The first-order valence-corrected chi connectivity index (χ1v) is 12.7. The largest absolute Gasteiger partial charge is 0.493 e. The summed E-state index contributed by atoms with van der Waals surface area (Å²) < 4.78 is 23.7. The second-order valence-corrected chi connectivity index (χ2v) is 11.4. The van der Waals surface area contributed by atoms with Crippen LogP contribution in [0.25, 0.3) is 0 Å². The van der Waals surface area contributed by atoms with E-state index in [0.717, 1.165) is 37.4 Å². The minimum Gasteiger partial charge on any atom is -0.493 e. The fraction of sp³-hybridized carbons (Fsp3) is 0.741. The van der Waals surface area contributed by atoms with Crippen molar-refractivity contribution in [2.24, 2.45) is 23.2 Å². The van der Waals surface area contributed by atoms with Crippen LogP contribution in [0.3, 0.4) is 0 Å². The van der Waals surface area contributed by atoms with Crippen LogP contribution in [0.5, 0.6) is 11.5 Å². The Bertz CT molecular complexity index is 980. The minimum atomic E-state index is -0.109. The zero-order chi connectivity index (χ0) is 23.1. The third-order valence-corrected chi connectivity index (χ3v) is 9.94. The van der Waals surface area contributed by atoms with Gasteiger partial charge >= 0.3 is 5.97 Å². The Hall–Kier alpha value is -1.79. The van der Waals surface area contributed by atoms with Crippen LogP contribution in [-0.2, 0) is 20.7 Å². The fourth-order valence-electron chi connectivity index (χ4n) is 8.14. The molecule has 2 saturated heterocycles. The second kappa shape index (κ2) is 7.35. The normalized spacial score (nSPS) is 43.6. The topological polar surface area (TPSA) is 60.5 Å². The maximum absolute atomic E-state index is 13.2. The van der Waals surface area contributed by atoms with Crippen LogP contribution in [0.15, 0.2) is 12.1 Å². The van der Waals surface area contributed by atoms with Gasteiger partial charge in [-0.1, -0.05) is 20.3 Å². The molecule has 5 aliphatic rings. The Kier molecular flexibility index (Phi) is 4.84. The van der Waals surface area contributed by atoms with Gasteiger partial charge in [0, 0.05) is 30.5 Å². The third-order valence-electron chi connectivity index (χ3n) is 9.94. The average Bonchev–Trinajstić information content (AvgIpc) is 3.48. The molecule has 0 N–H and O–H groups in total. The molecule has 0 unspecified atom stereocenters. The van der Waals surface area contributed by atoms with Crippen molar-refractivity contribution in [2.45, 2.75) is 76.7 Å². The van der Waals surface area contributed by atoms with Gasteiger partial charge in [-0.05, 0) is 61.8 Å². The predicted octanol–water partition coefficient (Wildman–Crippen LogP) is 4.15. The summed E-state index contributed by atoms with van der Waals surface area (Å²) >= 11 is 0. The number of ether oxygens (including phenoxy) is 4. The number of hydrogen-bond donors (Lipinski definition) is 0. The van der Waals surface area contributed by atoms with Gasteiger partial charge in [-0.2, -0.15) is 0 Å². The monoisotopic (exact) mass is 455 g/mol. The van der Waals surface area contributed by atoms with Gasteiger partial charge in [-0.3, -0.25) is 9.69 Å². The van der Waals surface area contributed by atoms with E-state index in [4.69, 9.17) is 18.9 Å². The molecule has 4 fully saturated rings. The quantitative estimate of drug-likeness (QED) is 0.502. The Balaban J connectivity index is 1.25. The lowest BCUT2D eigenvalue weighted by Crippen LogP contribution is -2.54. The highest BCUT2D eigenvalue weighted by Crippen LogP contribution is 2.70. The Labute approximate surface area is 196 Å². The van der Waals surface area contributed by atoms with Gasteiger partial charge in [0.25, 0.3) is 0 Å². The van der Waals surface area contributed by atoms with E-state index in [1.807, 2.05) is 0 Å². The van der Waals surface area contributed by atoms with Crippen molar-refractivity contribution in [3.05, 3.63) is 23.3 Å². The van der Waals surface area contributed by atoms with E-state index in [0.29, 0.717) is 5.92 Å². The maximum atomic E-state index is 13.2. The van der Waals surface area contributed by atoms with Crippen molar-refractivity contribution in [1.29, 1.82) is 0 Å². The van der Waals surface area contributed by atoms with Crippen molar-refractivity contribution in [1.82, 2.24) is 4.90 Å². The zero-order valence-electron chi connectivity index (χ0n) is 20.6. The van der Waals surface area contributed by atoms with E-state index in [1.165, 1.54) is 30.4 Å². The lowest BCUT2D eigenvalue weighted by Gasteiger charge is -2.49. The fourth-order valence-corrected chi connectivity index (χ4v) is 8.14. The van der Waals surface area contributed by atoms with Crippen molar-refractivity contribution in [2.75, 3.05) is 27.3 Å².